The van der Waals surface area contributed by atoms with Gasteiger partial charge >= 0.3 is 23.9 Å². The van der Waals surface area contributed by atoms with Crippen LogP contribution in [0.2, 0.25) is 0 Å². The molecule has 3 rings (SSSR count). The van der Waals surface area contributed by atoms with Crippen molar-refractivity contribution in [2.75, 3.05) is 46.6 Å². The summed E-state index contributed by atoms with van der Waals surface area (Å²) >= 11 is 0. The molecule has 2 N–H and O–H groups in total. The van der Waals surface area contributed by atoms with Crippen LogP contribution in [0.5, 0.6) is 11.5 Å². The van der Waals surface area contributed by atoms with Gasteiger partial charge in [-0.15, -0.1) is 0 Å². The molecule has 0 saturated carbocycles. The van der Waals surface area contributed by atoms with E-state index in [-0.39, 0.29) is 65.9 Å². The third-order valence-corrected chi connectivity index (χ3v) is 6.38. The van der Waals surface area contributed by atoms with E-state index in [2.05, 4.69) is 15.5 Å². The number of rotatable bonds is 12. The minimum absolute atomic E-state index is 0.0490. The van der Waals surface area contributed by atoms with Crippen LogP contribution in [0.4, 0.5) is 5.69 Å². The summed E-state index contributed by atoms with van der Waals surface area (Å²) in [6.07, 6.45) is -0.155. The molecule has 0 spiro atoms. The lowest BCUT2D eigenvalue weighted by Crippen LogP contribution is -2.41. The number of nitrogens with zero attached hydrogens (tertiary/aromatic N) is 2. The fourth-order valence-corrected chi connectivity index (χ4v) is 4.35. The van der Waals surface area contributed by atoms with Crippen molar-refractivity contribution in [1.82, 2.24) is 0 Å². The molecule has 1 aliphatic heterocycles. The first-order valence-electron chi connectivity index (χ1n) is 12.9. The van der Waals surface area contributed by atoms with Crippen molar-refractivity contribution in [2.45, 2.75) is 18.8 Å². The number of nitrogens with two attached hydrogens (primary N) is 1. The van der Waals surface area contributed by atoms with Crippen molar-refractivity contribution in [3.63, 3.8) is 0 Å². The molecular weight excluding hydrogens is 562 g/mol. The van der Waals surface area contributed by atoms with Gasteiger partial charge in [0.1, 0.15) is 23.0 Å². The van der Waals surface area contributed by atoms with Gasteiger partial charge in [0.05, 0.1) is 83.3 Å². The number of allylic oxidation sites excluding steroid dienone is 1. The van der Waals surface area contributed by atoms with Crippen LogP contribution >= 0.6 is 0 Å². The van der Waals surface area contributed by atoms with E-state index in [0.29, 0.717) is 5.56 Å². The molecule has 13 nitrogen and oxygen atoms in total. The van der Waals surface area contributed by atoms with Crippen molar-refractivity contribution < 1.29 is 47.6 Å². The molecule has 1 unspecified atom stereocenters. The zero-order valence-corrected chi connectivity index (χ0v) is 24.1. The van der Waals surface area contributed by atoms with Crippen LogP contribution in [0.25, 0.3) is 0 Å². The Morgan fingerprint density at radius 1 is 0.837 bits per heavy atom. The van der Waals surface area contributed by atoms with Crippen LogP contribution in [0.3, 0.4) is 0 Å². The summed E-state index contributed by atoms with van der Waals surface area (Å²) in [6.45, 7) is -0.175. The molecule has 0 fully saturated rings. The van der Waals surface area contributed by atoms with Crippen LogP contribution in [0, 0.1) is 11.3 Å². The standard InChI is InChI=1S/C30H31N3O10/c1-38-23(34)12-14-42-19-10-11-22(43-15-13-24(35)39-2)21(16-19)33-27(30(37)41-4)26(29(36)40-3)25(20(17-31)28(33)32)18-8-6-5-7-9-18/h5-11,16,25H,12-15,32H2,1-4H3. The normalized spacial score (nSPS) is 14.4. The molecule has 0 bridgehead atoms. The van der Waals surface area contributed by atoms with Crippen molar-refractivity contribution in [3.05, 3.63) is 76.8 Å². The second-order valence-corrected chi connectivity index (χ2v) is 8.81. The molecule has 0 aliphatic carbocycles. The highest BCUT2D eigenvalue weighted by atomic mass is 16.5. The highest BCUT2D eigenvalue weighted by molar-refractivity contribution is 6.06. The molecular formula is C30H31N3O10. The van der Waals surface area contributed by atoms with Gasteiger partial charge in [-0.25, -0.2) is 9.59 Å². The Morgan fingerprint density at radius 3 is 2.00 bits per heavy atom. The van der Waals surface area contributed by atoms with Gasteiger partial charge in [0.2, 0.25) is 0 Å². The maximum absolute atomic E-state index is 13.4. The van der Waals surface area contributed by atoms with Gasteiger partial charge < -0.3 is 34.2 Å². The van der Waals surface area contributed by atoms with Crippen LogP contribution in [0.1, 0.15) is 24.3 Å². The van der Waals surface area contributed by atoms with Crippen molar-refractivity contribution >= 4 is 29.6 Å². The first kappa shape index (κ1) is 32.0. The number of nitriles is 1. The number of carbonyl (C=O) groups is 4. The minimum atomic E-state index is -1.08. The summed E-state index contributed by atoms with van der Waals surface area (Å²) in [5.41, 5.74) is 6.59. The molecule has 0 aromatic heterocycles. The molecule has 43 heavy (non-hydrogen) atoms. The van der Waals surface area contributed by atoms with Crippen LogP contribution < -0.4 is 20.1 Å². The average molecular weight is 594 g/mol. The molecule has 0 saturated heterocycles. The highest BCUT2D eigenvalue weighted by Gasteiger charge is 2.43. The molecule has 0 amide bonds. The van der Waals surface area contributed by atoms with Gasteiger partial charge in [-0.2, -0.15) is 5.26 Å². The Balaban J connectivity index is 2.29. The Labute approximate surface area is 247 Å². The van der Waals surface area contributed by atoms with E-state index in [1.807, 2.05) is 0 Å². The van der Waals surface area contributed by atoms with Gasteiger partial charge in [-0.05, 0) is 17.7 Å². The smallest absolute Gasteiger partial charge is 0.355 e. The monoisotopic (exact) mass is 593 g/mol. The van der Waals surface area contributed by atoms with Crippen LogP contribution in [-0.2, 0) is 38.1 Å². The minimum Gasteiger partial charge on any atom is -0.493 e. The zero-order valence-electron chi connectivity index (χ0n) is 24.1. The number of ether oxygens (including phenoxy) is 6. The Bertz CT molecular complexity index is 1480. The number of benzene rings is 2. The van der Waals surface area contributed by atoms with Gasteiger partial charge in [-0.1, -0.05) is 30.3 Å². The van der Waals surface area contributed by atoms with Crippen LogP contribution in [0.15, 0.2) is 71.2 Å². The van der Waals surface area contributed by atoms with E-state index >= 15 is 0 Å². The third-order valence-electron chi connectivity index (χ3n) is 6.38. The largest absolute Gasteiger partial charge is 0.493 e. The van der Waals surface area contributed by atoms with Crippen molar-refractivity contribution in [2.24, 2.45) is 5.73 Å². The topological polar surface area (TPSA) is 177 Å². The maximum atomic E-state index is 13.4. The highest BCUT2D eigenvalue weighted by Crippen LogP contribution is 2.46. The first-order valence-corrected chi connectivity index (χ1v) is 12.9. The summed E-state index contributed by atoms with van der Waals surface area (Å²) < 4.78 is 31.0. The van der Waals surface area contributed by atoms with E-state index in [1.54, 1.807) is 30.3 Å². The van der Waals surface area contributed by atoms with Crippen LogP contribution in [-0.4, -0.2) is 65.5 Å². The number of hydrogen-bond donors (Lipinski definition) is 1. The number of esters is 4. The maximum Gasteiger partial charge on any atom is 0.355 e. The molecule has 2 aromatic rings. The van der Waals surface area contributed by atoms with Gasteiger partial charge in [0.15, 0.2) is 0 Å². The van der Waals surface area contributed by atoms with Gasteiger partial charge in [0, 0.05) is 6.07 Å². The lowest BCUT2D eigenvalue weighted by molar-refractivity contribution is -0.142. The van der Waals surface area contributed by atoms with Gasteiger partial charge in [0.25, 0.3) is 0 Å². The fraction of sp³-hybridized carbons (Fsp3) is 0.300. The molecule has 13 heteroatoms. The van der Waals surface area contributed by atoms with E-state index in [9.17, 15) is 24.4 Å². The number of carbonyl (C=O) groups excluding carboxylic acids is 4. The van der Waals surface area contributed by atoms with Gasteiger partial charge in [-0.3, -0.25) is 14.5 Å². The lowest BCUT2D eigenvalue weighted by Gasteiger charge is -2.36. The average Bonchev–Trinajstić information content (AvgIpc) is 3.03. The second kappa shape index (κ2) is 14.9. The number of methoxy groups -OCH3 is 4. The number of hydrogen-bond acceptors (Lipinski definition) is 13. The molecule has 1 heterocycles. The van der Waals surface area contributed by atoms with E-state index < -0.39 is 29.8 Å². The Hall–Kier alpha value is -5.51. The molecule has 1 atom stereocenters. The second-order valence-electron chi connectivity index (χ2n) is 8.81. The summed E-state index contributed by atoms with van der Waals surface area (Å²) in [4.78, 5) is 51.3. The quantitative estimate of drug-likeness (QED) is 0.281. The van der Waals surface area contributed by atoms with E-state index in [0.717, 1.165) is 19.1 Å². The first-order chi connectivity index (χ1) is 20.7. The predicted molar refractivity (Wildman–Crippen MR) is 150 cm³/mol. The summed E-state index contributed by atoms with van der Waals surface area (Å²) in [7, 11) is 4.75. The lowest BCUT2D eigenvalue weighted by atomic mass is 9.81. The van der Waals surface area contributed by atoms with Crippen molar-refractivity contribution in [3.8, 4) is 17.6 Å². The Morgan fingerprint density at radius 2 is 1.44 bits per heavy atom. The SMILES string of the molecule is COC(=O)CCOc1ccc(OCCC(=O)OC)c(N2C(N)=C(C#N)C(c3ccccc3)C(C(=O)OC)=C2C(=O)OC)c1. The molecule has 2 aromatic carbocycles. The molecule has 226 valence electrons. The number of anilines is 1. The summed E-state index contributed by atoms with van der Waals surface area (Å²) in [6, 6.07) is 15.1. The van der Waals surface area contributed by atoms with E-state index in [4.69, 9.17) is 24.7 Å². The third kappa shape index (κ3) is 7.23. The fourth-order valence-electron chi connectivity index (χ4n) is 4.35. The summed E-state index contributed by atoms with van der Waals surface area (Å²) in [5, 5.41) is 10.3. The molecule has 0 radical (unpaired) electrons. The zero-order chi connectivity index (χ0) is 31.5. The molecule has 1 aliphatic rings. The van der Waals surface area contributed by atoms with E-state index in [1.165, 1.54) is 32.4 Å². The summed E-state index contributed by atoms with van der Waals surface area (Å²) in [5.74, 6) is -3.83. The van der Waals surface area contributed by atoms with Crippen molar-refractivity contribution in [1.29, 1.82) is 5.26 Å². The Kier molecular flexibility index (Phi) is 11.1. The predicted octanol–water partition coefficient (Wildman–Crippen LogP) is 2.47.